The predicted octanol–water partition coefficient (Wildman–Crippen LogP) is 3.46. The second-order valence-electron chi connectivity index (χ2n) is 4.53. The standard InChI is InChI=1S/C16H19NO2/c1-4-13(16(18)19-3)9-10-17-12(2)11-14-7-5-6-8-15(14)17/h5-9,11H,4,10H2,1-3H3. The summed E-state index contributed by atoms with van der Waals surface area (Å²) in [4.78, 5) is 11.6. The summed E-state index contributed by atoms with van der Waals surface area (Å²) in [5.74, 6) is -0.239. The van der Waals surface area contributed by atoms with E-state index in [1.54, 1.807) is 0 Å². The van der Waals surface area contributed by atoms with Crippen molar-refractivity contribution in [3.63, 3.8) is 0 Å². The molecule has 19 heavy (non-hydrogen) atoms. The van der Waals surface area contributed by atoms with Gasteiger partial charge in [-0.25, -0.2) is 4.79 Å². The van der Waals surface area contributed by atoms with Crippen LogP contribution in [0.1, 0.15) is 19.0 Å². The average Bonchev–Trinajstić information content (AvgIpc) is 2.75. The fourth-order valence-electron chi connectivity index (χ4n) is 2.30. The summed E-state index contributed by atoms with van der Waals surface area (Å²) in [6.07, 6.45) is 2.64. The average molecular weight is 257 g/mol. The number of benzene rings is 1. The summed E-state index contributed by atoms with van der Waals surface area (Å²) < 4.78 is 6.98. The number of allylic oxidation sites excluding steroid dienone is 1. The maximum Gasteiger partial charge on any atom is 0.333 e. The summed E-state index contributed by atoms with van der Waals surface area (Å²) in [5, 5.41) is 1.23. The number of hydrogen-bond donors (Lipinski definition) is 0. The third-order valence-corrected chi connectivity index (χ3v) is 3.37. The first-order valence-electron chi connectivity index (χ1n) is 6.49. The lowest BCUT2D eigenvalue weighted by atomic mass is 10.2. The quantitative estimate of drug-likeness (QED) is 0.620. The van der Waals surface area contributed by atoms with E-state index in [-0.39, 0.29) is 5.97 Å². The minimum absolute atomic E-state index is 0.239. The van der Waals surface area contributed by atoms with Crippen molar-refractivity contribution in [2.24, 2.45) is 0 Å². The van der Waals surface area contributed by atoms with Gasteiger partial charge >= 0.3 is 5.97 Å². The number of rotatable bonds is 4. The maximum absolute atomic E-state index is 11.6. The second kappa shape index (κ2) is 5.74. The molecule has 1 aromatic heterocycles. The van der Waals surface area contributed by atoms with Crippen LogP contribution in [-0.2, 0) is 16.1 Å². The third kappa shape index (κ3) is 2.70. The Bertz CT molecular complexity index is 623. The highest BCUT2D eigenvalue weighted by Gasteiger charge is 2.08. The molecule has 0 atom stereocenters. The van der Waals surface area contributed by atoms with E-state index in [0.29, 0.717) is 13.0 Å². The van der Waals surface area contributed by atoms with Crippen molar-refractivity contribution in [1.29, 1.82) is 0 Å². The van der Waals surface area contributed by atoms with Crippen molar-refractivity contribution in [3.05, 3.63) is 47.7 Å². The lowest BCUT2D eigenvalue weighted by Gasteiger charge is -2.07. The predicted molar refractivity (Wildman–Crippen MR) is 77.1 cm³/mol. The summed E-state index contributed by atoms with van der Waals surface area (Å²) in [7, 11) is 1.42. The molecule has 0 saturated heterocycles. The van der Waals surface area contributed by atoms with Crippen LogP contribution in [0.15, 0.2) is 42.0 Å². The molecule has 0 unspecified atom stereocenters. The summed E-state index contributed by atoms with van der Waals surface area (Å²) in [6.45, 7) is 4.73. The van der Waals surface area contributed by atoms with Gasteiger partial charge in [0.2, 0.25) is 0 Å². The summed E-state index contributed by atoms with van der Waals surface area (Å²) in [5.41, 5.74) is 3.11. The van der Waals surface area contributed by atoms with Gasteiger partial charge in [-0.1, -0.05) is 31.2 Å². The van der Waals surface area contributed by atoms with E-state index >= 15 is 0 Å². The topological polar surface area (TPSA) is 31.2 Å². The van der Waals surface area contributed by atoms with Gasteiger partial charge in [-0.05, 0) is 30.9 Å². The van der Waals surface area contributed by atoms with Crippen LogP contribution in [0, 0.1) is 6.92 Å². The van der Waals surface area contributed by atoms with E-state index in [4.69, 9.17) is 4.74 Å². The minimum Gasteiger partial charge on any atom is -0.466 e. The minimum atomic E-state index is -0.239. The molecular weight excluding hydrogens is 238 g/mol. The molecule has 0 N–H and O–H groups in total. The number of fused-ring (bicyclic) bond motifs is 1. The molecule has 0 amide bonds. The van der Waals surface area contributed by atoms with Crippen LogP contribution >= 0.6 is 0 Å². The zero-order valence-corrected chi connectivity index (χ0v) is 11.6. The molecule has 3 heteroatoms. The number of para-hydroxylation sites is 1. The zero-order chi connectivity index (χ0) is 13.8. The van der Waals surface area contributed by atoms with Gasteiger partial charge in [0.25, 0.3) is 0 Å². The molecule has 0 aliphatic carbocycles. The summed E-state index contributed by atoms with van der Waals surface area (Å²) in [6, 6.07) is 10.4. The Morgan fingerprint density at radius 2 is 2.11 bits per heavy atom. The van der Waals surface area contributed by atoms with Gasteiger partial charge in [-0.15, -0.1) is 0 Å². The first-order valence-corrected chi connectivity index (χ1v) is 6.49. The van der Waals surface area contributed by atoms with Crippen LogP contribution in [0.25, 0.3) is 10.9 Å². The van der Waals surface area contributed by atoms with Crippen LogP contribution < -0.4 is 0 Å². The van der Waals surface area contributed by atoms with Crippen molar-refractivity contribution in [2.45, 2.75) is 26.8 Å². The maximum atomic E-state index is 11.6. The van der Waals surface area contributed by atoms with E-state index in [2.05, 4.69) is 29.7 Å². The Kier molecular flexibility index (Phi) is 4.05. The van der Waals surface area contributed by atoms with E-state index in [9.17, 15) is 4.79 Å². The van der Waals surface area contributed by atoms with E-state index < -0.39 is 0 Å². The fourth-order valence-corrected chi connectivity index (χ4v) is 2.30. The number of aryl methyl sites for hydroxylation is 1. The smallest absolute Gasteiger partial charge is 0.333 e. The Balaban J connectivity index is 2.33. The van der Waals surface area contributed by atoms with Gasteiger partial charge in [0.1, 0.15) is 0 Å². The van der Waals surface area contributed by atoms with E-state index in [0.717, 1.165) is 5.57 Å². The number of nitrogens with zero attached hydrogens (tertiary/aromatic N) is 1. The number of ether oxygens (including phenoxy) is 1. The van der Waals surface area contributed by atoms with E-state index in [1.165, 1.54) is 23.7 Å². The molecule has 2 aromatic rings. The Morgan fingerprint density at radius 1 is 1.37 bits per heavy atom. The van der Waals surface area contributed by atoms with Crippen molar-refractivity contribution >= 4 is 16.9 Å². The molecule has 0 saturated carbocycles. The molecule has 3 nitrogen and oxygen atoms in total. The van der Waals surface area contributed by atoms with Crippen LogP contribution in [0.4, 0.5) is 0 Å². The number of carbonyl (C=O) groups excluding carboxylic acids is 1. The van der Waals surface area contributed by atoms with Crippen molar-refractivity contribution in [2.75, 3.05) is 7.11 Å². The van der Waals surface area contributed by atoms with Crippen molar-refractivity contribution in [1.82, 2.24) is 4.57 Å². The molecule has 0 aliphatic heterocycles. The Morgan fingerprint density at radius 3 is 2.79 bits per heavy atom. The van der Waals surface area contributed by atoms with Crippen LogP contribution in [0.2, 0.25) is 0 Å². The number of methoxy groups -OCH3 is 1. The van der Waals surface area contributed by atoms with Gasteiger partial charge in [-0.3, -0.25) is 0 Å². The van der Waals surface area contributed by atoms with Gasteiger partial charge in [-0.2, -0.15) is 0 Å². The molecule has 1 heterocycles. The molecule has 0 fully saturated rings. The molecule has 0 aliphatic rings. The highest BCUT2D eigenvalue weighted by atomic mass is 16.5. The van der Waals surface area contributed by atoms with Gasteiger partial charge < -0.3 is 9.30 Å². The monoisotopic (exact) mass is 257 g/mol. The van der Waals surface area contributed by atoms with Gasteiger partial charge in [0.05, 0.1) is 7.11 Å². The lowest BCUT2D eigenvalue weighted by molar-refractivity contribution is -0.136. The van der Waals surface area contributed by atoms with Crippen LogP contribution in [0.3, 0.4) is 0 Å². The molecule has 0 bridgehead atoms. The molecule has 2 rings (SSSR count). The normalized spacial score (nSPS) is 11.8. The molecule has 100 valence electrons. The van der Waals surface area contributed by atoms with Crippen molar-refractivity contribution < 1.29 is 9.53 Å². The van der Waals surface area contributed by atoms with E-state index in [1.807, 2.05) is 25.1 Å². The van der Waals surface area contributed by atoms with Crippen LogP contribution in [0.5, 0.6) is 0 Å². The van der Waals surface area contributed by atoms with Gasteiger partial charge in [0, 0.05) is 23.3 Å². The van der Waals surface area contributed by atoms with Gasteiger partial charge in [0.15, 0.2) is 0 Å². The first-order chi connectivity index (χ1) is 9.17. The highest BCUT2D eigenvalue weighted by molar-refractivity contribution is 5.88. The Hall–Kier alpha value is -2.03. The zero-order valence-electron chi connectivity index (χ0n) is 11.6. The molecular formula is C16H19NO2. The SMILES string of the molecule is CCC(=CCn1c(C)cc2ccccc21)C(=O)OC. The molecule has 0 spiro atoms. The Labute approximate surface area is 113 Å². The largest absolute Gasteiger partial charge is 0.466 e. The number of esters is 1. The molecule has 0 radical (unpaired) electrons. The lowest BCUT2D eigenvalue weighted by Crippen LogP contribution is -2.06. The van der Waals surface area contributed by atoms with Crippen molar-refractivity contribution in [3.8, 4) is 0 Å². The first kappa shape index (κ1) is 13.4. The third-order valence-electron chi connectivity index (χ3n) is 3.37. The second-order valence-corrected chi connectivity index (χ2v) is 4.53. The highest BCUT2D eigenvalue weighted by Crippen LogP contribution is 2.19. The molecule has 1 aromatic carbocycles. The number of hydrogen-bond acceptors (Lipinski definition) is 2. The number of carbonyl (C=O) groups is 1. The fraction of sp³-hybridized carbons (Fsp3) is 0.312. The van der Waals surface area contributed by atoms with Crippen LogP contribution in [-0.4, -0.2) is 17.6 Å². The number of aromatic nitrogens is 1. The summed E-state index contributed by atoms with van der Waals surface area (Å²) >= 11 is 0.